The first-order chi connectivity index (χ1) is 21.1. The average Bonchev–Trinajstić information content (AvgIpc) is 2.99. The number of nitrogens with zero attached hydrogens (tertiary/aromatic N) is 1. The number of carbonyl (C=O) groups is 2. The molecule has 0 fully saturated rings. The van der Waals surface area contributed by atoms with Crippen molar-refractivity contribution >= 4 is 29.2 Å². The van der Waals surface area contributed by atoms with E-state index in [1.54, 1.807) is 11.8 Å². The number of benzene rings is 3. The van der Waals surface area contributed by atoms with Gasteiger partial charge in [-0.05, 0) is 34.4 Å². The third-order valence-corrected chi connectivity index (χ3v) is 9.29. The van der Waals surface area contributed by atoms with E-state index in [4.69, 9.17) is 9.73 Å². The molecule has 44 heavy (non-hydrogen) atoms. The Morgan fingerprint density at radius 1 is 0.955 bits per heavy atom. The lowest BCUT2D eigenvalue weighted by atomic mass is 9.75. The van der Waals surface area contributed by atoms with E-state index in [9.17, 15) is 14.7 Å². The van der Waals surface area contributed by atoms with Crippen molar-refractivity contribution in [2.75, 3.05) is 12.4 Å². The molecule has 0 radical (unpaired) electrons. The van der Waals surface area contributed by atoms with E-state index in [2.05, 4.69) is 43.0 Å². The quantitative estimate of drug-likeness (QED) is 0.0910. The zero-order valence-corrected chi connectivity index (χ0v) is 27.0. The summed E-state index contributed by atoms with van der Waals surface area (Å²) >= 11 is 1.61. The van der Waals surface area contributed by atoms with Crippen LogP contribution in [0.2, 0.25) is 0 Å². The number of ketones is 1. The number of aliphatic hydroxyl groups is 1. The number of ether oxygens (including phenoxy) is 1. The van der Waals surface area contributed by atoms with Gasteiger partial charge in [0.15, 0.2) is 11.8 Å². The number of hydrogen-bond acceptors (Lipinski definition) is 6. The maximum atomic E-state index is 13.6. The molecule has 0 spiro atoms. The summed E-state index contributed by atoms with van der Waals surface area (Å²) < 4.78 is 4.91. The fourth-order valence-corrected chi connectivity index (χ4v) is 7.30. The Bertz CT molecular complexity index is 1400. The molecule has 1 aliphatic rings. The van der Waals surface area contributed by atoms with Gasteiger partial charge in [-0.25, -0.2) is 4.79 Å². The Hall–Kier alpha value is -3.90. The van der Waals surface area contributed by atoms with Gasteiger partial charge >= 0.3 is 5.97 Å². The fourth-order valence-electron chi connectivity index (χ4n) is 5.78. The van der Waals surface area contributed by atoms with Gasteiger partial charge in [-0.2, -0.15) is 0 Å². The molecule has 1 N–H and O–H groups in total. The van der Waals surface area contributed by atoms with Crippen molar-refractivity contribution in [2.24, 2.45) is 16.3 Å². The summed E-state index contributed by atoms with van der Waals surface area (Å²) in [5, 5.41) is 11.1. The first kappa shape index (κ1) is 33.0. The van der Waals surface area contributed by atoms with E-state index in [0.29, 0.717) is 25.0 Å². The number of aliphatic hydroxyl groups excluding tert-OH is 1. The Labute approximate surface area is 266 Å². The molecule has 0 bridgehead atoms. The van der Waals surface area contributed by atoms with Crippen LogP contribution < -0.4 is 0 Å². The second kappa shape index (κ2) is 14.7. The van der Waals surface area contributed by atoms with Gasteiger partial charge in [0.05, 0.1) is 16.0 Å². The summed E-state index contributed by atoms with van der Waals surface area (Å²) in [5.41, 5.74) is 3.58. The van der Waals surface area contributed by atoms with Crippen LogP contribution in [-0.4, -0.2) is 41.0 Å². The van der Waals surface area contributed by atoms with Gasteiger partial charge in [0, 0.05) is 18.6 Å². The Kier molecular flexibility index (Phi) is 11.0. The highest BCUT2D eigenvalue weighted by atomic mass is 32.2. The second-order valence-electron chi connectivity index (χ2n) is 12.5. The van der Waals surface area contributed by atoms with Crippen LogP contribution in [0.3, 0.4) is 0 Å². The number of aliphatic imine (C=N–C) groups is 1. The summed E-state index contributed by atoms with van der Waals surface area (Å²) in [7, 11) is 0. The Morgan fingerprint density at radius 3 is 1.89 bits per heavy atom. The smallest absolute Gasteiger partial charge is 0.332 e. The minimum atomic E-state index is -0.924. The summed E-state index contributed by atoms with van der Waals surface area (Å²) in [6.07, 6.45) is 2.67. The maximum Gasteiger partial charge on any atom is 0.332 e. The molecule has 4 rings (SSSR count). The van der Waals surface area contributed by atoms with Crippen LogP contribution in [-0.2, 0) is 19.1 Å². The number of thioether (sulfide) groups is 1. The SMILES string of the molecule is C=CCOC(=O)[C@@H](CSC(c1ccccc1)(c1ccccc1)c1ccccc1)N=C(CC(C)C)C1=C(O)CC(C)(C)CC1=O. The molecule has 1 atom stereocenters. The molecule has 0 aromatic heterocycles. The summed E-state index contributed by atoms with van der Waals surface area (Å²) in [6, 6.07) is 29.9. The van der Waals surface area contributed by atoms with E-state index in [1.165, 1.54) is 6.08 Å². The minimum absolute atomic E-state index is 0.0451. The molecular weight excluding hydrogens is 566 g/mol. The molecular formula is C38H43NO4S. The molecule has 6 heteroatoms. The number of hydrogen-bond donors (Lipinski definition) is 1. The lowest BCUT2D eigenvalue weighted by Gasteiger charge is -2.36. The van der Waals surface area contributed by atoms with Crippen molar-refractivity contribution in [1.82, 2.24) is 0 Å². The van der Waals surface area contributed by atoms with Gasteiger partial charge in [-0.3, -0.25) is 9.79 Å². The normalized spacial score (nSPS) is 16.1. The van der Waals surface area contributed by atoms with Gasteiger partial charge in [-0.1, -0.05) is 131 Å². The van der Waals surface area contributed by atoms with E-state index in [1.807, 2.05) is 82.3 Å². The largest absolute Gasteiger partial charge is 0.511 e. The predicted molar refractivity (Wildman–Crippen MR) is 181 cm³/mol. The molecule has 0 amide bonds. The molecule has 0 heterocycles. The third kappa shape index (κ3) is 7.78. The van der Waals surface area contributed by atoms with Crippen molar-refractivity contribution in [2.45, 2.75) is 57.7 Å². The van der Waals surface area contributed by atoms with Gasteiger partial charge in [0.2, 0.25) is 0 Å². The highest BCUT2D eigenvalue weighted by molar-refractivity contribution is 8.00. The van der Waals surface area contributed by atoms with E-state index in [-0.39, 0.29) is 40.8 Å². The molecule has 3 aromatic carbocycles. The summed E-state index contributed by atoms with van der Waals surface area (Å²) in [4.78, 5) is 32.0. The molecule has 0 saturated carbocycles. The molecule has 3 aromatic rings. The van der Waals surface area contributed by atoms with Gasteiger partial charge in [-0.15, -0.1) is 11.8 Å². The van der Waals surface area contributed by atoms with Crippen molar-refractivity contribution in [3.8, 4) is 0 Å². The lowest BCUT2D eigenvalue weighted by Crippen LogP contribution is -2.34. The van der Waals surface area contributed by atoms with Crippen molar-refractivity contribution in [3.05, 3.63) is 132 Å². The first-order valence-electron chi connectivity index (χ1n) is 15.2. The van der Waals surface area contributed by atoms with E-state index >= 15 is 0 Å². The van der Waals surface area contributed by atoms with E-state index in [0.717, 1.165) is 16.7 Å². The van der Waals surface area contributed by atoms with Gasteiger partial charge in [0.1, 0.15) is 12.4 Å². The number of carbonyl (C=O) groups excluding carboxylic acids is 2. The molecule has 1 aliphatic carbocycles. The van der Waals surface area contributed by atoms with Gasteiger partial charge in [0.25, 0.3) is 0 Å². The minimum Gasteiger partial charge on any atom is -0.511 e. The van der Waals surface area contributed by atoms with Crippen molar-refractivity contribution in [3.63, 3.8) is 0 Å². The molecule has 0 saturated heterocycles. The molecule has 5 nitrogen and oxygen atoms in total. The highest BCUT2D eigenvalue weighted by Crippen LogP contribution is 2.49. The predicted octanol–water partition coefficient (Wildman–Crippen LogP) is 8.50. The van der Waals surface area contributed by atoms with Crippen LogP contribution in [0, 0.1) is 11.3 Å². The van der Waals surface area contributed by atoms with Gasteiger partial charge < -0.3 is 9.84 Å². The fraction of sp³-hybridized carbons (Fsp3) is 0.342. The summed E-state index contributed by atoms with van der Waals surface area (Å²) in [5.74, 6) is -0.180. The molecule has 0 unspecified atom stereocenters. The molecule has 0 aliphatic heterocycles. The van der Waals surface area contributed by atoms with E-state index < -0.39 is 16.8 Å². The third-order valence-electron chi connectivity index (χ3n) is 7.67. The highest BCUT2D eigenvalue weighted by Gasteiger charge is 2.40. The van der Waals surface area contributed by atoms with Crippen LogP contribution in [0.4, 0.5) is 0 Å². The standard InChI is InChI=1S/C38H43NO4S/c1-6-22-43-36(42)32(39-31(23-27(2)3)35-33(40)24-37(4,5)25-34(35)41)26-44-38(28-16-10-7-11-17-28,29-18-12-8-13-19-29)30-20-14-9-15-21-30/h6-21,27,32,40H,1,22-26H2,2-5H3/t32-/m1/s1. The zero-order valence-electron chi connectivity index (χ0n) is 26.2. The first-order valence-corrected chi connectivity index (χ1v) is 16.2. The Morgan fingerprint density at radius 2 is 1.45 bits per heavy atom. The van der Waals surface area contributed by atoms with Crippen LogP contribution in [0.25, 0.3) is 0 Å². The van der Waals surface area contributed by atoms with Crippen LogP contribution in [0.15, 0.2) is 120 Å². The van der Waals surface area contributed by atoms with Crippen molar-refractivity contribution < 1.29 is 19.4 Å². The summed E-state index contributed by atoms with van der Waals surface area (Å²) in [6.45, 7) is 11.8. The number of allylic oxidation sites excluding steroid dienone is 2. The second-order valence-corrected chi connectivity index (χ2v) is 13.7. The van der Waals surface area contributed by atoms with Crippen LogP contribution in [0.1, 0.15) is 63.6 Å². The lowest BCUT2D eigenvalue weighted by molar-refractivity contribution is -0.143. The Balaban J connectivity index is 1.86. The van der Waals surface area contributed by atoms with Crippen LogP contribution in [0.5, 0.6) is 0 Å². The number of esters is 1. The monoisotopic (exact) mass is 609 g/mol. The van der Waals surface area contributed by atoms with Crippen LogP contribution >= 0.6 is 11.8 Å². The number of rotatable bonds is 13. The zero-order chi connectivity index (χ0) is 31.7. The van der Waals surface area contributed by atoms with Crippen molar-refractivity contribution in [1.29, 1.82) is 0 Å². The number of Topliss-reactive ketones (excluding diaryl/α,β-unsaturated/α-hetero) is 1. The molecule has 230 valence electrons. The average molecular weight is 610 g/mol. The maximum absolute atomic E-state index is 13.6. The topological polar surface area (TPSA) is 76.0 Å².